The van der Waals surface area contributed by atoms with E-state index in [9.17, 15) is 9.59 Å². The lowest BCUT2D eigenvalue weighted by atomic mass is 10.1. The Morgan fingerprint density at radius 1 is 1.38 bits per heavy atom. The molecular weight excluding hydrogens is 174 g/mol. The number of nitrogens with one attached hydrogen (secondary N) is 1. The van der Waals surface area contributed by atoms with Crippen LogP contribution in [0.1, 0.15) is 13.3 Å². The normalized spacial score (nSPS) is 11.9. The Bertz CT molecular complexity index is 181. The van der Waals surface area contributed by atoms with Gasteiger partial charge in [-0.05, 0) is 13.3 Å². The van der Waals surface area contributed by atoms with Crippen molar-refractivity contribution in [3.05, 3.63) is 0 Å². The molecule has 0 aliphatic carbocycles. The second kappa shape index (κ2) is 6.42. The van der Waals surface area contributed by atoms with Crippen molar-refractivity contribution < 1.29 is 19.1 Å². The van der Waals surface area contributed by atoms with E-state index in [0.29, 0.717) is 13.0 Å². The number of rotatable bonds is 5. The van der Waals surface area contributed by atoms with Crippen LogP contribution in [0.15, 0.2) is 0 Å². The van der Waals surface area contributed by atoms with Gasteiger partial charge < -0.3 is 14.8 Å². The SMILES string of the molecule is COCC[C@@H](NC(=O)OC)C(C)=O. The smallest absolute Gasteiger partial charge is 0.407 e. The number of Topliss-reactive ketones (excluding diaryl/α,β-unsaturated/α-hetero) is 1. The summed E-state index contributed by atoms with van der Waals surface area (Å²) in [5, 5.41) is 2.41. The highest BCUT2D eigenvalue weighted by molar-refractivity contribution is 5.85. The molecule has 0 bridgehead atoms. The number of methoxy groups -OCH3 is 2. The van der Waals surface area contributed by atoms with Gasteiger partial charge in [-0.3, -0.25) is 4.79 Å². The first-order valence-electron chi connectivity index (χ1n) is 3.95. The van der Waals surface area contributed by atoms with Crippen LogP contribution in [0.25, 0.3) is 0 Å². The van der Waals surface area contributed by atoms with Crippen molar-refractivity contribution in [3.63, 3.8) is 0 Å². The van der Waals surface area contributed by atoms with Crippen molar-refractivity contribution in [1.29, 1.82) is 0 Å². The van der Waals surface area contributed by atoms with Crippen LogP contribution in [-0.4, -0.2) is 38.7 Å². The summed E-state index contributed by atoms with van der Waals surface area (Å²) in [6.07, 6.45) is -0.141. The third kappa shape index (κ3) is 5.19. The van der Waals surface area contributed by atoms with Crippen LogP contribution < -0.4 is 5.32 Å². The van der Waals surface area contributed by atoms with Crippen LogP contribution in [0, 0.1) is 0 Å². The zero-order valence-electron chi connectivity index (χ0n) is 8.12. The van der Waals surface area contributed by atoms with Gasteiger partial charge in [0.25, 0.3) is 0 Å². The number of carbonyl (C=O) groups excluding carboxylic acids is 2. The van der Waals surface area contributed by atoms with Crippen LogP contribution in [0.5, 0.6) is 0 Å². The summed E-state index contributed by atoms with van der Waals surface area (Å²) >= 11 is 0. The Morgan fingerprint density at radius 2 is 2.00 bits per heavy atom. The van der Waals surface area contributed by atoms with Gasteiger partial charge in [-0.2, -0.15) is 0 Å². The Balaban J connectivity index is 3.94. The second-order valence-corrected chi connectivity index (χ2v) is 2.58. The summed E-state index contributed by atoms with van der Waals surface area (Å²) in [6.45, 7) is 1.84. The van der Waals surface area contributed by atoms with E-state index in [1.165, 1.54) is 21.1 Å². The average Bonchev–Trinajstić information content (AvgIpc) is 2.11. The minimum Gasteiger partial charge on any atom is -0.453 e. The van der Waals surface area contributed by atoms with Crippen LogP contribution >= 0.6 is 0 Å². The maximum absolute atomic E-state index is 11.0. The molecule has 0 aliphatic rings. The van der Waals surface area contributed by atoms with Crippen molar-refractivity contribution in [1.82, 2.24) is 5.32 Å². The molecule has 0 heterocycles. The fraction of sp³-hybridized carbons (Fsp3) is 0.750. The van der Waals surface area contributed by atoms with Gasteiger partial charge in [0.1, 0.15) is 0 Å². The van der Waals surface area contributed by atoms with Crippen molar-refractivity contribution in [3.8, 4) is 0 Å². The third-order valence-corrected chi connectivity index (χ3v) is 1.58. The molecule has 0 spiro atoms. The van der Waals surface area contributed by atoms with Gasteiger partial charge in [-0.15, -0.1) is 0 Å². The maximum atomic E-state index is 11.0. The van der Waals surface area contributed by atoms with E-state index in [0.717, 1.165) is 0 Å². The number of ketones is 1. The number of hydrogen-bond donors (Lipinski definition) is 1. The molecule has 5 heteroatoms. The molecule has 0 aromatic carbocycles. The summed E-state index contributed by atoms with van der Waals surface area (Å²) in [6, 6.07) is -0.521. The van der Waals surface area contributed by atoms with Gasteiger partial charge >= 0.3 is 6.09 Å². The highest BCUT2D eigenvalue weighted by Crippen LogP contribution is 1.94. The average molecular weight is 189 g/mol. The van der Waals surface area contributed by atoms with Crippen molar-refractivity contribution in [2.75, 3.05) is 20.8 Å². The first-order valence-corrected chi connectivity index (χ1v) is 3.95. The van der Waals surface area contributed by atoms with Gasteiger partial charge in [-0.25, -0.2) is 4.79 Å². The fourth-order valence-electron chi connectivity index (χ4n) is 0.814. The molecule has 13 heavy (non-hydrogen) atoms. The van der Waals surface area contributed by atoms with Gasteiger partial charge in [0.15, 0.2) is 5.78 Å². The lowest BCUT2D eigenvalue weighted by Crippen LogP contribution is -2.40. The van der Waals surface area contributed by atoms with E-state index in [1.54, 1.807) is 0 Å². The molecule has 0 aromatic heterocycles. The number of amides is 1. The standard InChI is InChI=1S/C8H15NO4/c1-6(10)7(4-5-12-2)9-8(11)13-3/h7H,4-5H2,1-3H3,(H,9,11)/t7-/m1/s1. The second-order valence-electron chi connectivity index (χ2n) is 2.58. The minimum atomic E-state index is -0.601. The Morgan fingerprint density at radius 3 is 2.38 bits per heavy atom. The Kier molecular flexibility index (Phi) is 5.88. The first-order chi connectivity index (χ1) is 6.11. The summed E-state index contributed by atoms with van der Waals surface area (Å²) in [5.41, 5.74) is 0. The van der Waals surface area contributed by atoms with E-state index in [4.69, 9.17) is 4.74 Å². The first kappa shape index (κ1) is 11.9. The van der Waals surface area contributed by atoms with Crippen LogP contribution in [0.3, 0.4) is 0 Å². The number of ether oxygens (including phenoxy) is 2. The van der Waals surface area contributed by atoms with E-state index in [-0.39, 0.29) is 5.78 Å². The number of hydrogen-bond acceptors (Lipinski definition) is 4. The summed E-state index contributed by atoms with van der Waals surface area (Å²) in [7, 11) is 2.79. The van der Waals surface area contributed by atoms with Gasteiger partial charge in [-0.1, -0.05) is 0 Å². The zero-order valence-corrected chi connectivity index (χ0v) is 8.12. The van der Waals surface area contributed by atoms with Gasteiger partial charge in [0.05, 0.1) is 13.2 Å². The molecule has 76 valence electrons. The van der Waals surface area contributed by atoms with E-state index in [2.05, 4.69) is 10.1 Å². The van der Waals surface area contributed by atoms with Crippen molar-refractivity contribution in [2.45, 2.75) is 19.4 Å². The molecule has 0 unspecified atom stereocenters. The lowest BCUT2D eigenvalue weighted by Gasteiger charge is -2.13. The fourth-order valence-corrected chi connectivity index (χ4v) is 0.814. The lowest BCUT2D eigenvalue weighted by molar-refractivity contribution is -0.119. The van der Waals surface area contributed by atoms with Crippen LogP contribution in [0.4, 0.5) is 4.79 Å². The Labute approximate surface area is 77.4 Å². The topological polar surface area (TPSA) is 64.6 Å². The monoisotopic (exact) mass is 189 g/mol. The van der Waals surface area contributed by atoms with Crippen LogP contribution in [0.2, 0.25) is 0 Å². The van der Waals surface area contributed by atoms with E-state index >= 15 is 0 Å². The number of carbonyl (C=O) groups is 2. The molecule has 0 fully saturated rings. The van der Waals surface area contributed by atoms with Crippen LogP contribution in [-0.2, 0) is 14.3 Å². The van der Waals surface area contributed by atoms with E-state index in [1.807, 2.05) is 0 Å². The molecule has 1 atom stereocenters. The molecule has 0 rings (SSSR count). The predicted octanol–water partition coefficient (Wildman–Crippen LogP) is 0.337. The quantitative estimate of drug-likeness (QED) is 0.677. The Hall–Kier alpha value is -1.10. The molecule has 1 amide bonds. The summed E-state index contributed by atoms with van der Waals surface area (Å²) < 4.78 is 9.16. The molecule has 0 aliphatic heterocycles. The van der Waals surface area contributed by atoms with E-state index < -0.39 is 12.1 Å². The highest BCUT2D eigenvalue weighted by Gasteiger charge is 2.16. The molecule has 0 radical (unpaired) electrons. The minimum absolute atomic E-state index is 0.109. The van der Waals surface area contributed by atoms with Crippen molar-refractivity contribution in [2.24, 2.45) is 0 Å². The molecule has 0 saturated heterocycles. The summed E-state index contributed by atoms with van der Waals surface area (Å²) in [4.78, 5) is 21.7. The number of alkyl carbamates (subject to hydrolysis) is 1. The van der Waals surface area contributed by atoms with Crippen molar-refractivity contribution >= 4 is 11.9 Å². The van der Waals surface area contributed by atoms with Gasteiger partial charge in [0.2, 0.25) is 0 Å². The summed E-state index contributed by atoms with van der Waals surface area (Å²) in [5.74, 6) is -0.109. The molecular formula is C8H15NO4. The predicted molar refractivity (Wildman–Crippen MR) is 46.5 cm³/mol. The zero-order chi connectivity index (χ0) is 10.3. The molecule has 0 aromatic rings. The maximum Gasteiger partial charge on any atom is 0.407 e. The largest absolute Gasteiger partial charge is 0.453 e. The third-order valence-electron chi connectivity index (χ3n) is 1.58. The molecule has 0 saturated carbocycles. The molecule has 1 N–H and O–H groups in total. The van der Waals surface area contributed by atoms with Gasteiger partial charge in [0, 0.05) is 13.7 Å². The highest BCUT2D eigenvalue weighted by atomic mass is 16.5. The molecule has 5 nitrogen and oxygen atoms in total.